The SMILES string of the molecule is CN[C@@H]1CCC[C@@]2(C1)C(=O)[C@@H]1c3cc[nH]c3[C@@H]3CC[C@]1(C3)[C@@]1(C)[C@H]3[C@H](O)[C@@H]4Cn5cc([C@H]6C(=O)CCc7c6cc(C6CCCCC6)cc7C6(O)CCOCC6)c6[nH]cc(c65)CC[C@@](C)(C[C@@H](O)[C@H]5OC5(C)C)C5=C4[C@](C)(CC5=O)[C@@]3(C)CC[C@@H]21. The minimum atomic E-state index is -1.04. The van der Waals surface area contributed by atoms with Crippen LogP contribution in [0.4, 0.5) is 0 Å². The summed E-state index contributed by atoms with van der Waals surface area (Å²) in [5, 5.41) is 43.7. The molecule has 9 aliphatic carbocycles. The van der Waals surface area contributed by atoms with Gasteiger partial charge in [0.25, 0.3) is 0 Å². The van der Waals surface area contributed by atoms with Crippen molar-refractivity contribution < 1.29 is 39.2 Å². The Morgan fingerprint density at radius 2 is 1.62 bits per heavy atom. The molecule has 1 aromatic carbocycles. The van der Waals surface area contributed by atoms with E-state index < -0.39 is 62.3 Å². The number of Topliss-reactive ketones (excluding diaryl/α,β-unsaturated/α-hetero) is 3. The third-order valence-corrected chi connectivity index (χ3v) is 28.0. The van der Waals surface area contributed by atoms with Crippen molar-refractivity contribution in [2.75, 3.05) is 20.3 Å². The van der Waals surface area contributed by atoms with Gasteiger partial charge in [0.2, 0.25) is 0 Å². The van der Waals surface area contributed by atoms with Crippen LogP contribution in [0.25, 0.3) is 11.0 Å². The van der Waals surface area contributed by atoms with Crippen molar-refractivity contribution in [2.24, 2.45) is 50.2 Å². The number of rotatable bonds is 7. The largest absolute Gasteiger partial charge is 0.392 e. The summed E-state index contributed by atoms with van der Waals surface area (Å²) in [6.07, 6.45) is 22.6. The highest BCUT2D eigenvalue weighted by Gasteiger charge is 2.81. The average Bonchev–Trinajstić information content (AvgIpc) is 1.11. The number of epoxide rings is 1. The highest BCUT2D eigenvalue weighted by atomic mass is 16.6. The van der Waals surface area contributed by atoms with Crippen LogP contribution in [0.2, 0.25) is 0 Å². The second-order valence-corrected chi connectivity index (χ2v) is 31.8. The highest BCUT2D eigenvalue weighted by Crippen LogP contribution is 2.84. The molecule has 0 amide bonds. The van der Waals surface area contributed by atoms with Crippen molar-refractivity contribution in [2.45, 2.75) is 249 Å². The first kappa shape index (κ1) is 55.2. The lowest BCUT2D eigenvalue weighted by molar-refractivity contribution is -0.271. The summed E-state index contributed by atoms with van der Waals surface area (Å²) in [4.78, 5) is 55.4. The Hall–Kier alpha value is -4.17. The molecule has 2 bridgehead atoms. The molecule has 3 aliphatic heterocycles. The number of aliphatic hydroxyl groups excluding tert-OH is 2. The van der Waals surface area contributed by atoms with Crippen LogP contribution in [0, 0.1) is 50.2 Å². The summed E-state index contributed by atoms with van der Waals surface area (Å²) in [5.41, 5.74) is 8.05. The van der Waals surface area contributed by atoms with E-state index in [0.717, 1.165) is 121 Å². The van der Waals surface area contributed by atoms with Gasteiger partial charge in [-0.15, -0.1) is 0 Å². The topological polar surface area (TPSA) is 182 Å². The van der Waals surface area contributed by atoms with Gasteiger partial charge in [-0.3, -0.25) is 14.4 Å². The summed E-state index contributed by atoms with van der Waals surface area (Å²) in [6, 6.07) is 7.18. The Bertz CT molecular complexity index is 3460. The first-order valence-corrected chi connectivity index (χ1v) is 33.6. The second-order valence-electron chi connectivity index (χ2n) is 31.8. The molecule has 450 valence electrons. The van der Waals surface area contributed by atoms with E-state index in [1.54, 1.807) is 0 Å². The predicted octanol–water partition coefficient (Wildman–Crippen LogP) is 12.0. The third kappa shape index (κ3) is 7.13. The summed E-state index contributed by atoms with van der Waals surface area (Å²) in [5.74, 6) is 0.00715. The number of ketones is 3. The van der Waals surface area contributed by atoms with Crippen LogP contribution in [0.5, 0.6) is 0 Å². The van der Waals surface area contributed by atoms with Gasteiger partial charge in [0.1, 0.15) is 17.7 Å². The molecule has 12 nitrogen and oxygen atoms in total. The number of aromatic amines is 2. The van der Waals surface area contributed by atoms with Crippen molar-refractivity contribution in [1.82, 2.24) is 19.9 Å². The second kappa shape index (κ2) is 18.5. The van der Waals surface area contributed by atoms with E-state index in [2.05, 4.69) is 91.4 Å². The first-order chi connectivity index (χ1) is 40.2. The number of aromatic nitrogens is 3. The molecular formula is C72H94N4O8. The maximum absolute atomic E-state index is 16.4. The van der Waals surface area contributed by atoms with Crippen LogP contribution in [0.3, 0.4) is 0 Å². The lowest BCUT2D eigenvalue weighted by atomic mass is 9.27. The van der Waals surface area contributed by atoms with E-state index >= 15 is 14.4 Å². The summed E-state index contributed by atoms with van der Waals surface area (Å²) in [7, 11) is 2.08. The number of ether oxygens (including phenoxy) is 2. The molecular weight excluding hydrogens is 1050 g/mol. The Morgan fingerprint density at radius 1 is 0.833 bits per heavy atom. The fraction of sp³-hybridized carbons (Fsp3) is 0.708. The van der Waals surface area contributed by atoms with Gasteiger partial charge in [-0.1, -0.05) is 65.5 Å². The fourth-order valence-corrected chi connectivity index (χ4v) is 24.0. The zero-order valence-corrected chi connectivity index (χ0v) is 51.3. The predicted molar refractivity (Wildman–Crippen MR) is 322 cm³/mol. The molecule has 8 fully saturated rings. The van der Waals surface area contributed by atoms with Gasteiger partial charge in [-0.25, -0.2) is 0 Å². The smallest absolute Gasteiger partial charge is 0.160 e. The van der Waals surface area contributed by atoms with Crippen LogP contribution in [0.1, 0.15) is 238 Å². The quantitative estimate of drug-likeness (QED) is 0.0981. The summed E-state index contributed by atoms with van der Waals surface area (Å²) in [6.45, 7) is 15.2. The number of carbonyl (C=O) groups is 3. The number of fused-ring (bicyclic) bond motifs is 10. The van der Waals surface area contributed by atoms with Crippen molar-refractivity contribution in [1.29, 1.82) is 0 Å². The van der Waals surface area contributed by atoms with Crippen LogP contribution in [-0.2, 0) is 48.8 Å². The molecule has 3 aromatic heterocycles. The molecule has 16 rings (SSSR count). The Labute approximate surface area is 496 Å². The van der Waals surface area contributed by atoms with Crippen LogP contribution < -0.4 is 5.32 Å². The van der Waals surface area contributed by atoms with E-state index in [-0.39, 0.29) is 46.9 Å². The van der Waals surface area contributed by atoms with Gasteiger partial charge in [-0.2, -0.15) is 0 Å². The van der Waals surface area contributed by atoms with Gasteiger partial charge in [-0.05, 0) is 201 Å². The Balaban J connectivity index is 0.903. The molecule has 6 heterocycles. The van der Waals surface area contributed by atoms with E-state index in [9.17, 15) is 15.3 Å². The molecule has 84 heavy (non-hydrogen) atoms. The molecule has 0 unspecified atom stereocenters. The third-order valence-electron chi connectivity index (χ3n) is 28.0. The molecule has 4 aromatic rings. The number of aryl methyl sites for hydroxylation is 1. The van der Waals surface area contributed by atoms with Gasteiger partial charge < -0.3 is 44.6 Å². The lowest BCUT2D eigenvalue weighted by Gasteiger charge is -2.76. The minimum Gasteiger partial charge on any atom is -0.392 e. The monoisotopic (exact) mass is 1140 g/mol. The van der Waals surface area contributed by atoms with Crippen molar-refractivity contribution in [3.8, 4) is 0 Å². The van der Waals surface area contributed by atoms with E-state index in [1.807, 2.05) is 13.8 Å². The van der Waals surface area contributed by atoms with Crippen LogP contribution >= 0.6 is 0 Å². The maximum Gasteiger partial charge on any atom is 0.160 e. The molecule has 2 spiro atoms. The zero-order chi connectivity index (χ0) is 58.0. The van der Waals surface area contributed by atoms with Crippen LogP contribution in [-0.4, -0.2) is 97.4 Å². The average molecular weight is 1140 g/mol. The molecule has 6 N–H and O–H groups in total. The minimum absolute atomic E-state index is 0.0607. The molecule has 0 radical (unpaired) electrons. The number of carbonyl (C=O) groups excluding carboxylic acids is 3. The number of nitrogens with one attached hydrogen (secondary N) is 3. The molecule has 2 saturated heterocycles. The molecule has 12 heteroatoms. The Kier molecular flexibility index (Phi) is 12.1. The normalized spacial score (nSPS) is 42.3. The van der Waals surface area contributed by atoms with Gasteiger partial charge in [0.05, 0.1) is 46.3 Å². The molecule has 16 atom stereocenters. The zero-order valence-electron chi connectivity index (χ0n) is 51.3. The maximum atomic E-state index is 16.4. The van der Waals surface area contributed by atoms with Gasteiger partial charge >= 0.3 is 0 Å². The number of hydrogen-bond acceptors (Lipinski definition) is 9. The van der Waals surface area contributed by atoms with Crippen molar-refractivity contribution in [3.63, 3.8) is 0 Å². The standard InChI is InChI=1S/C72H94N4O8/c1-65(2)64(84-65)52(79)34-66(3)22-17-41-36-75-59-47(54-46-30-42(39-12-9-8-10-13-39)31-49(44(46)15-16-50(54)77)72(82)25-28-83-29-26-72)37-76(60(41)59)38-48-55-57(66)51(78)35-68(55,5)67(4)23-19-53-69(6,62(67)61(48)80)71-24-18-40(32-71)58-45(20-27-74-58)56(71)63(81)70(53)21-11-14-43(33-70)73-7/h20,27,30-31,36-37,39-40,43,48,52-54,56,61-62,64,73-75,79-80,82H,8-19,21-26,28-29,32-35,38H2,1-7H3/t40-,43-,48-,52-,53-,54+,56+,61-,62+,64-,66+,67+,68+,69-,70+,71-/m1/s1. The number of allylic oxidation sites excluding steroid dienone is 1. The van der Waals surface area contributed by atoms with E-state index in [1.165, 1.54) is 36.1 Å². The summed E-state index contributed by atoms with van der Waals surface area (Å²) < 4.78 is 14.5. The van der Waals surface area contributed by atoms with Gasteiger partial charge in [0, 0.05) is 104 Å². The number of H-pyrrole nitrogens is 2. The molecule has 6 saturated carbocycles. The fourth-order valence-electron chi connectivity index (χ4n) is 24.0. The highest BCUT2D eigenvalue weighted by molar-refractivity contribution is 6.02. The van der Waals surface area contributed by atoms with Crippen molar-refractivity contribution in [3.05, 3.63) is 92.6 Å². The lowest BCUT2D eigenvalue weighted by Crippen LogP contribution is -2.75. The summed E-state index contributed by atoms with van der Waals surface area (Å²) >= 11 is 0. The Morgan fingerprint density at radius 3 is 2.38 bits per heavy atom. The first-order valence-electron chi connectivity index (χ1n) is 33.6. The number of hydrogen-bond donors (Lipinski definition) is 6. The van der Waals surface area contributed by atoms with E-state index in [4.69, 9.17) is 9.47 Å². The van der Waals surface area contributed by atoms with Crippen LogP contribution in [0.15, 0.2) is 47.9 Å². The number of aliphatic hydroxyl groups is 3. The number of nitrogens with zero attached hydrogens (tertiary/aromatic N) is 1. The van der Waals surface area contributed by atoms with Gasteiger partial charge in [0.15, 0.2) is 5.78 Å². The number of benzene rings is 1. The molecule has 12 aliphatic rings. The van der Waals surface area contributed by atoms with E-state index in [0.29, 0.717) is 88.7 Å². The van der Waals surface area contributed by atoms with Crippen molar-refractivity contribution >= 4 is 28.4 Å².